The van der Waals surface area contributed by atoms with Gasteiger partial charge in [0, 0.05) is 5.69 Å². The fourth-order valence-electron chi connectivity index (χ4n) is 1.97. The van der Waals surface area contributed by atoms with Crippen LogP contribution in [0.1, 0.15) is 11.1 Å². The van der Waals surface area contributed by atoms with E-state index < -0.39 is 0 Å². The van der Waals surface area contributed by atoms with E-state index in [2.05, 4.69) is 10.6 Å². The van der Waals surface area contributed by atoms with Crippen LogP contribution in [0.5, 0.6) is 5.75 Å². The first kappa shape index (κ1) is 16.4. The summed E-state index contributed by atoms with van der Waals surface area (Å²) in [6.07, 6.45) is 0. The number of hydrogen-bond donors (Lipinski definition) is 2. The highest BCUT2D eigenvalue weighted by Gasteiger charge is 2.01. The van der Waals surface area contributed by atoms with Gasteiger partial charge in [-0.05, 0) is 48.9 Å². The molecule has 0 aliphatic rings. The Hall–Kier alpha value is -3.00. The highest BCUT2D eigenvalue weighted by Crippen LogP contribution is 2.11. The van der Waals surface area contributed by atoms with Crippen LogP contribution < -0.4 is 15.4 Å². The Bertz CT molecular complexity index is 690. The Labute approximate surface area is 135 Å². The molecule has 5 heteroatoms. The smallest absolute Gasteiger partial charge is 0.239 e. The third kappa shape index (κ3) is 5.71. The second-order valence-corrected chi connectivity index (χ2v) is 5.06. The maximum Gasteiger partial charge on any atom is 0.239 e. The molecule has 0 fully saturated rings. The molecule has 0 unspecified atom stereocenters. The van der Waals surface area contributed by atoms with Crippen LogP contribution in [-0.2, 0) is 4.79 Å². The lowest BCUT2D eigenvalue weighted by atomic mass is 10.2. The normalized spacial score (nSPS) is 9.74. The molecule has 23 heavy (non-hydrogen) atoms. The predicted octanol–water partition coefficient (Wildman–Crippen LogP) is 2.47. The number of anilines is 1. The van der Waals surface area contributed by atoms with Crippen molar-refractivity contribution in [3.8, 4) is 11.8 Å². The lowest BCUT2D eigenvalue weighted by Crippen LogP contribution is -2.33. The van der Waals surface area contributed by atoms with Gasteiger partial charge in [0.15, 0.2) is 0 Å². The van der Waals surface area contributed by atoms with Crippen LogP contribution in [0, 0.1) is 18.3 Å². The molecule has 0 aliphatic carbocycles. The molecule has 2 aromatic carbocycles. The minimum atomic E-state index is -0.109. The molecule has 5 nitrogen and oxygen atoms in total. The molecule has 0 aliphatic heterocycles. The maximum atomic E-state index is 11.7. The molecule has 0 spiro atoms. The summed E-state index contributed by atoms with van der Waals surface area (Å²) >= 11 is 0. The third-order valence-corrected chi connectivity index (χ3v) is 3.15. The number of nitrogens with one attached hydrogen (secondary N) is 2. The molecule has 0 radical (unpaired) electrons. The quantitative estimate of drug-likeness (QED) is 0.771. The molecular weight excluding hydrogens is 290 g/mol. The monoisotopic (exact) mass is 309 g/mol. The maximum absolute atomic E-state index is 11.7. The summed E-state index contributed by atoms with van der Waals surface area (Å²) in [6, 6.07) is 16.8. The van der Waals surface area contributed by atoms with E-state index in [1.807, 2.05) is 37.3 Å². The Morgan fingerprint density at radius 1 is 1.22 bits per heavy atom. The molecule has 0 saturated heterocycles. The van der Waals surface area contributed by atoms with Gasteiger partial charge in [0.05, 0.1) is 24.7 Å². The van der Waals surface area contributed by atoms with E-state index in [1.54, 1.807) is 24.3 Å². The van der Waals surface area contributed by atoms with Crippen LogP contribution in [0.25, 0.3) is 0 Å². The Kier molecular flexibility index (Phi) is 6.01. The summed E-state index contributed by atoms with van der Waals surface area (Å²) in [5, 5.41) is 14.5. The van der Waals surface area contributed by atoms with Crippen LogP contribution in [-0.4, -0.2) is 25.6 Å². The zero-order chi connectivity index (χ0) is 16.5. The third-order valence-electron chi connectivity index (χ3n) is 3.15. The number of ether oxygens (including phenoxy) is 1. The van der Waals surface area contributed by atoms with Crippen molar-refractivity contribution in [2.45, 2.75) is 6.92 Å². The van der Waals surface area contributed by atoms with Crippen molar-refractivity contribution >= 4 is 11.6 Å². The van der Waals surface area contributed by atoms with Crippen LogP contribution in [0.2, 0.25) is 0 Å². The van der Waals surface area contributed by atoms with Crippen molar-refractivity contribution in [3.05, 3.63) is 59.7 Å². The number of amides is 1. The van der Waals surface area contributed by atoms with Crippen molar-refractivity contribution in [1.82, 2.24) is 5.32 Å². The van der Waals surface area contributed by atoms with Gasteiger partial charge in [-0.1, -0.05) is 12.1 Å². The average molecular weight is 309 g/mol. The summed E-state index contributed by atoms with van der Waals surface area (Å²) in [4.78, 5) is 11.7. The zero-order valence-corrected chi connectivity index (χ0v) is 13.0. The molecule has 2 rings (SSSR count). The van der Waals surface area contributed by atoms with Crippen LogP contribution in [0.4, 0.5) is 5.69 Å². The highest BCUT2D eigenvalue weighted by atomic mass is 16.5. The number of rotatable bonds is 7. The van der Waals surface area contributed by atoms with E-state index in [4.69, 9.17) is 10.00 Å². The SMILES string of the molecule is Cc1cccc(OCCNC(=O)CNc2ccc(C#N)cc2)c1. The van der Waals surface area contributed by atoms with Gasteiger partial charge < -0.3 is 15.4 Å². The van der Waals surface area contributed by atoms with Gasteiger partial charge in [0.1, 0.15) is 12.4 Å². The van der Waals surface area contributed by atoms with Gasteiger partial charge in [-0.3, -0.25) is 4.79 Å². The highest BCUT2D eigenvalue weighted by molar-refractivity contribution is 5.80. The van der Waals surface area contributed by atoms with Gasteiger partial charge in [-0.2, -0.15) is 5.26 Å². The molecular formula is C18H19N3O2. The van der Waals surface area contributed by atoms with E-state index in [0.29, 0.717) is 18.7 Å². The summed E-state index contributed by atoms with van der Waals surface area (Å²) in [5.41, 5.74) is 2.53. The predicted molar refractivity (Wildman–Crippen MR) is 89.3 cm³/mol. The molecule has 0 atom stereocenters. The summed E-state index contributed by atoms with van der Waals surface area (Å²) < 4.78 is 5.56. The first-order valence-electron chi connectivity index (χ1n) is 7.37. The van der Waals surface area contributed by atoms with Crippen molar-refractivity contribution in [3.63, 3.8) is 0 Å². The van der Waals surface area contributed by atoms with Crippen molar-refractivity contribution in [2.75, 3.05) is 25.0 Å². The van der Waals surface area contributed by atoms with Crippen LogP contribution in [0.15, 0.2) is 48.5 Å². The number of carbonyl (C=O) groups is 1. The topological polar surface area (TPSA) is 74.2 Å². The lowest BCUT2D eigenvalue weighted by molar-refractivity contribution is -0.119. The molecule has 0 aromatic heterocycles. The minimum absolute atomic E-state index is 0.109. The van der Waals surface area contributed by atoms with Gasteiger partial charge in [0.2, 0.25) is 5.91 Å². The number of nitrogens with zero attached hydrogens (tertiary/aromatic N) is 1. The standard InChI is InChI=1S/C18H19N3O2/c1-14-3-2-4-17(11-14)23-10-9-20-18(22)13-21-16-7-5-15(12-19)6-8-16/h2-8,11,21H,9-10,13H2,1H3,(H,20,22). The first-order chi connectivity index (χ1) is 11.2. The zero-order valence-electron chi connectivity index (χ0n) is 13.0. The Morgan fingerprint density at radius 3 is 2.70 bits per heavy atom. The fraction of sp³-hybridized carbons (Fsp3) is 0.222. The van der Waals surface area contributed by atoms with Gasteiger partial charge in [-0.15, -0.1) is 0 Å². The summed E-state index contributed by atoms with van der Waals surface area (Å²) in [7, 11) is 0. The van der Waals surface area contributed by atoms with Gasteiger partial charge in [0.25, 0.3) is 0 Å². The number of aryl methyl sites for hydroxylation is 1. The summed E-state index contributed by atoms with van der Waals surface area (Å²) in [6.45, 7) is 3.05. The van der Waals surface area contributed by atoms with E-state index in [9.17, 15) is 4.79 Å². The van der Waals surface area contributed by atoms with Crippen LogP contribution in [0.3, 0.4) is 0 Å². The first-order valence-corrected chi connectivity index (χ1v) is 7.37. The second-order valence-electron chi connectivity index (χ2n) is 5.06. The molecule has 2 aromatic rings. The van der Waals surface area contributed by atoms with E-state index in [-0.39, 0.29) is 12.5 Å². The number of nitriles is 1. The van der Waals surface area contributed by atoms with Crippen LogP contribution >= 0.6 is 0 Å². The van der Waals surface area contributed by atoms with Crippen molar-refractivity contribution in [1.29, 1.82) is 5.26 Å². The summed E-state index contributed by atoms with van der Waals surface area (Å²) in [5.74, 6) is 0.692. The average Bonchev–Trinajstić information content (AvgIpc) is 2.57. The Morgan fingerprint density at radius 2 is 2.00 bits per heavy atom. The number of hydrogen-bond acceptors (Lipinski definition) is 4. The van der Waals surface area contributed by atoms with E-state index in [0.717, 1.165) is 17.0 Å². The molecule has 118 valence electrons. The van der Waals surface area contributed by atoms with Crippen molar-refractivity contribution < 1.29 is 9.53 Å². The molecule has 1 amide bonds. The fourth-order valence-corrected chi connectivity index (χ4v) is 1.97. The Balaban J connectivity index is 1.64. The largest absolute Gasteiger partial charge is 0.492 e. The minimum Gasteiger partial charge on any atom is -0.492 e. The van der Waals surface area contributed by atoms with Gasteiger partial charge in [-0.25, -0.2) is 0 Å². The van der Waals surface area contributed by atoms with E-state index in [1.165, 1.54) is 0 Å². The molecule has 2 N–H and O–H groups in total. The number of carbonyl (C=O) groups excluding carboxylic acids is 1. The molecule has 0 bridgehead atoms. The molecule has 0 heterocycles. The number of benzene rings is 2. The van der Waals surface area contributed by atoms with Gasteiger partial charge >= 0.3 is 0 Å². The molecule has 0 saturated carbocycles. The second kappa shape index (κ2) is 8.44. The van der Waals surface area contributed by atoms with E-state index >= 15 is 0 Å². The lowest BCUT2D eigenvalue weighted by Gasteiger charge is -2.09. The van der Waals surface area contributed by atoms with Crippen molar-refractivity contribution in [2.24, 2.45) is 0 Å².